The van der Waals surface area contributed by atoms with Crippen LogP contribution in [0.3, 0.4) is 0 Å². The Labute approximate surface area is 146 Å². The fourth-order valence-corrected chi connectivity index (χ4v) is 7.32. The van der Waals surface area contributed by atoms with Gasteiger partial charge < -0.3 is 9.47 Å². The zero-order valence-corrected chi connectivity index (χ0v) is 16.3. The zero-order chi connectivity index (χ0) is 17.5. The Morgan fingerprint density at radius 1 is 0.750 bits per heavy atom. The topological polar surface area (TPSA) is 35.5 Å². The Hall–Kier alpha value is -0.730. The maximum atomic E-state index is 12.7. The SMILES string of the molecule is CC1(C)[C@H]2CC[C@](C)(C2)[C@H]1OC(=O)O[C@H]1C(C)(C)[C@H]2CC[C@]1(C)C2. The summed E-state index contributed by atoms with van der Waals surface area (Å²) in [5.74, 6) is 1.36. The van der Waals surface area contributed by atoms with Crippen molar-refractivity contribution in [2.75, 3.05) is 0 Å². The van der Waals surface area contributed by atoms with Gasteiger partial charge in [0.05, 0.1) is 0 Å². The van der Waals surface area contributed by atoms with Gasteiger partial charge in [-0.3, -0.25) is 0 Å². The molecule has 4 fully saturated rings. The maximum absolute atomic E-state index is 12.7. The summed E-state index contributed by atoms with van der Waals surface area (Å²) in [6.45, 7) is 13.7. The molecule has 0 spiro atoms. The van der Waals surface area contributed by atoms with E-state index in [4.69, 9.17) is 9.47 Å². The molecule has 0 radical (unpaired) electrons. The van der Waals surface area contributed by atoms with Gasteiger partial charge in [0.15, 0.2) is 0 Å². The molecule has 0 amide bonds. The van der Waals surface area contributed by atoms with E-state index in [0.29, 0.717) is 11.8 Å². The summed E-state index contributed by atoms with van der Waals surface area (Å²) in [7, 11) is 0. The van der Waals surface area contributed by atoms with E-state index < -0.39 is 6.16 Å². The molecule has 0 aromatic carbocycles. The summed E-state index contributed by atoms with van der Waals surface area (Å²) in [6, 6.07) is 0. The monoisotopic (exact) mass is 334 g/mol. The molecular weight excluding hydrogens is 300 g/mol. The molecule has 6 atom stereocenters. The molecule has 0 saturated heterocycles. The van der Waals surface area contributed by atoms with E-state index in [-0.39, 0.29) is 33.9 Å². The van der Waals surface area contributed by atoms with Gasteiger partial charge in [0.25, 0.3) is 0 Å². The Morgan fingerprint density at radius 2 is 1.12 bits per heavy atom. The Balaban J connectivity index is 1.48. The van der Waals surface area contributed by atoms with Crippen molar-refractivity contribution < 1.29 is 14.3 Å². The average Bonchev–Trinajstić information content (AvgIpc) is 3.13. The molecule has 0 aliphatic heterocycles. The van der Waals surface area contributed by atoms with Gasteiger partial charge in [-0.1, -0.05) is 41.5 Å². The lowest BCUT2D eigenvalue weighted by Gasteiger charge is -2.44. The molecule has 4 aliphatic carbocycles. The molecule has 4 bridgehead atoms. The number of carbonyl (C=O) groups is 1. The molecule has 24 heavy (non-hydrogen) atoms. The third-order valence-corrected chi connectivity index (χ3v) is 8.70. The van der Waals surface area contributed by atoms with E-state index in [1.165, 1.54) is 38.5 Å². The van der Waals surface area contributed by atoms with Crippen LogP contribution in [-0.2, 0) is 9.47 Å². The van der Waals surface area contributed by atoms with E-state index in [9.17, 15) is 4.79 Å². The van der Waals surface area contributed by atoms with Crippen LogP contribution in [0, 0.1) is 33.5 Å². The fourth-order valence-electron chi connectivity index (χ4n) is 7.32. The third-order valence-electron chi connectivity index (χ3n) is 8.70. The van der Waals surface area contributed by atoms with Crippen LogP contribution in [0.1, 0.15) is 80.1 Å². The first kappa shape index (κ1) is 16.7. The lowest BCUT2D eigenvalue weighted by Crippen LogP contribution is -2.47. The standard InChI is InChI=1S/C21H34O3/c1-18(2)13-7-9-20(5,11-13)15(18)23-17(22)24-16-19(3,4)14-8-10-21(16,6)12-14/h13-16H,7-12H2,1-6H3/t13-,14-,15-,16-,20+,21+/m0/s1. The van der Waals surface area contributed by atoms with E-state index in [1.54, 1.807) is 0 Å². The lowest BCUT2D eigenvalue weighted by molar-refractivity contribution is -0.115. The van der Waals surface area contributed by atoms with Crippen LogP contribution in [-0.4, -0.2) is 18.4 Å². The van der Waals surface area contributed by atoms with Crippen molar-refractivity contribution in [2.45, 2.75) is 92.3 Å². The smallest absolute Gasteiger partial charge is 0.430 e. The van der Waals surface area contributed by atoms with Crippen LogP contribution in [0.4, 0.5) is 4.79 Å². The van der Waals surface area contributed by atoms with E-state index in [1.807, 2.05) is 0 Å². The van der Waals surface area contributed by atoms with Crippen molar-refractivity contribution in [3.8, 4) is 0 Å². The summed E-state index contributed by atoms with van der Waals surface area (Å²) in [5.41, 5.74) is 0.419. The van der Waals surface area contributed by atoms with Crippen molar-refractivity contribution >= 4 is 6.16 Å². The van der Waals surface area contributed by atoms with Gasteiger partial charge in [-0.15, -0.1) is 0 Å². The lowest BCUT2D eigenvalue weighted by atomic mass is 9.70. The Bertz CT molecular complexity index is 508. The van der Waals surface area contributed by atoms with Crippen LogP contribution in [0.15, 0.2) is 0 Å². The van der Waals surface area contributed by atoms with Crippen molar-refractivity contribution in [1.82, 2.24) is 0 Å². The molecule has 4 saturated carbocycles. The number of ether oxygens (including phenoxy) is 2. The minimum absolute atomic E-state index is 0.00856. The quantitative estimate of drug-likeness (QED) is 0.619. The molecule has 0 N–H and O–H groups in total. The molecule has 0 unspecified atom stereocenters. The van der Waals surface area contributed by atoms with E-state index in [0.717, 1.165) is 0 Å². The molecule has 0 heterocycles. The average molecular weight is 335 g/mol. The van der Waals surface area contributed by atoms with Crippen molar-refractivity contribution in [3.63, 3.8) is 0 Å². The first-order chi connectivity index (χ1) is 11.0. The van der Waals surface area contributed by atoms with Crippen LogP contribution >= 0.6 is 0 Å². The van der Waals surface area contributed by atoms with Gasteiger partial charge in [0.2, 0.25) is 0 Å². The predicted octanol–water partition coefficient (Wildman–Crippen LogP) is 5.57. The Morgan fingerprint density at radius 3 is 1.42 bits per heavy atom. The molecule has 4 aliphatic rings. The summed E-state index contributed by atoms with van der Waals surface area (Å²) in [4.78, 5) is 12.7. The van der Waals surface area contributed by atoms with E-state index in [2.05, 4.69) is 41.5 Å². The number of rotatable bonds is 2. The molecule has 3 heteroatoms. The van der Waals surface area contributed by atoms with Gasteiger partial charge in [-0.2, -0.15) is 0 Å². The largest absolute Gasteiger partial charge is 0.508 e. The first-order valence-electron chi connectivity index (χ1n) is 9.86. The summed E-state index contributed by atoms with van der Waals surface area (Å²) < 4.78 is 12.0. The minimum Gasteiger partial charge on any atom is -0.430 e. The summed E-state index contributed by atoms with van der Waals surface area (Å²) in [6.07, 6.45) is 6.83. The molecule has 4 rings (SSSR count). The normalized spacial score (nSPS) is 50.2. The van der Waals surface area contributed by atoms with Gasteiger partial charge >= 0.3 is 6.16 Å². The van der Waals surface area contributed by atoms with Crippen molar-refractivity contribution in [3.05, 3.63) is 0 Å². The molecule has 136 valence electrons. The maximum Gasteiger partial charge on any atom is 0.508 e. The highest BCUT2D eigenvalue weighted by Gasteiger charge is 2.63. The molecular formula is C21H34O3. The fraction of sp³-hybridized carbons (Fsp3) is 0.952. The predicted molar refractivity (Wildman–Crippen MR) is 93.6 cm³/mol. The molecule has 3 nitrogen and oxygen atoms in total. The van der Waals surface area contributed by atoms with E-state index >= 15 is 0 Å². The van der Waals surface area contributed by atoms with Gasteiger partial charge in [-0.25, -0.2) is 4.79 Å². The summed E-state index contributed by atoms with van der Waals surface area (Å²) in [5, 5.41) is 0. The highest BCUT2D eigenvalue weighted by molar-refractivity contribution is 5.61. The van der Waals surface area contributed by atoms with Crippen LogP contribution in [0.2, 0.25) is 0 Å². The second-order valence-electron chi connectivity index (χ2n) is 11.1. The van der Waals surface area contributed by atoms with Crippen molar-refractivity contribution in [2.24, 2.45) is 33.5 Å². The van der Waals surface area contributed by atoms with Gasteiger partial charge in [0, 0.05) is 21.7 Å². The zero-order valence-electron chi connectivity index (χ0n) is 16.3. The summed E-state index contributed by atoms with van der Waals surface area (Å²) >= 11 is 0. The number of carbonyl (C=O) groups excluding carboxylic acids is 1. The van der Waals surface area contributed by atoms with Gasteiger partial charge in [-0.05, 0) is 50.4 Å². The minimum atomic E-state index is -0.422. The van der Waals surface area contributed by atoms with Crippen LogP contribution in [0.5, 0.6) is 0 Å². The third kappa shape index (κ3) is 2.05. The molecule has 0 aromatic heterocycles. The highest BCUT2D eigenvalue weighted by atomic mass is 16.7. The molecule has 0 aromatic rings. The van der Waals surface area contributed by atoms with Crippen LogP contribution in [0.25, 0.3) is 0 Å². The Kier molecular flexibility index (Phi) is 3.28. The second-order valence-corrected chi connectivity index (χ2v) is 11.1. The number of hydrogen-bond donors (Lipinski definition) is 0. The number of fused-ring (bicyclic) bond motifs is 4. The first-order valence-corrected chi connectivity index (χ1v) is 9.86. The highest BCUT2D eigenvalue weighted by Crippen LogP contribution is 2.65. The second kappa shape index (κ2) is 4.71. The van der Waals surface area contributed by atoms with Gasteiger partial charge in [0.1, 0.15) is 12.2 Å². The van der Waals surface area contributed by atoms with Crippen molar-refractivity contribution in [1.29, 1.82) is 0 Å². The van der Waals surface area contributed by atoms with Crippen LogP contribution < -0.4 is 0 Å². The number of hydrogen-bond acceptors (Lipinski definition) is 3.